The fourth-order valence-electron chi connectivity index (χ4n) is 4.13. The molecule has 208 valence electrons. The molecule has 0 bridgehead atoms. The van der Waals surface area contributed by atoms with Gasteiger partial charge in [0.2, 0.25) is 5.83 Å². The van der Waals surface area contributed by atoms with Gasteiger partial charge >= 0.3 is 6.01 Å². The minimum Gasteiger partial charge on any atom is -0.469 e. The van der Waals surface area contributed by atoms with Crippen LogP contribution in [0.3, 0.4) is 0 Å². The average molecular weight is 566 g/mol. The number of hydrogen-bond acceptors (Lipinski definition) is 1. The Bertz CT molecular complexity index is 1570. The Balaban J connectivity index is 1.54. The van der Waals surface area contributed by atoms with Gasteiger partial charge in [-0.3, -0.25) is 0 Å². The van der Waals surface area contributed by atoms with Gasteiger partial charge in [-0.25, -0.2) is 30.7 Å². The van der Waals surface area contributed by atoms with E-state index in [1.54, 1.807) is 0 Å². The Kier molecular flexibility index (Phi) is 8.56. The van der Waals surface area contributed by atoms with Crippen molar-refractivity contribution in [1.29, 1.82) is 0 Å². The Morgan fingerprint density at radius 1 is 0.625 bits per heavy atom. The molecule has 0 aromatic heterocycles. The highest BCUT2D eigenvalue weighted by Gasteiger charge is 2.19. The quantitative estimate of drug-likeness (QED) is 0.117. The summed E-state index contributed by atoms with van der Waals surface area (Å²) < 4.78 is 131. The second-order valence-electron chi connectivity index (χ2n) is 8.71. The predicted molar refractivity (Wildman–Crippen MR) is 132 cm³/mol. The van der Waals surface area contributed by atoms with Gasteiger partial charge in [0.15, 0.2) is 17.5 Å². The van der Waals surface area contributed by atoms with E-state index in [0.29, 0.717) is 12.1 Å². The van der Waals surface area contributed by atoms with Crippen molar-refractivity contribution < 1.29 is 44.3 Å². The van der Waals surface area contributed by atoms with E-state index in [-0.39, 0.29) is 52.8 Å². The van der Waals surface area contributed by atoms with Crippen LogP contribution >= 0.6 is 0 Å². The predicted octanol–water partition coefficient (Wildman–Crippen LogP) is 9.38. The first kappa shape index (κ1) is 28.8. The maximum absolute atomic E-state index is 14.9. The molecule has 0 amide bonds. The summed E-state index contributed by atoms with van der Waals surface area (Å²) in [4.78, 5) is 0. The Labute approximate surface area is 223 Å². The fraction of sp³-hybridized carbons (Fsp3) is 0.133. The van der Waals surface area contributed by atoms with E-state index in [0.717, 1.165) is 42.5 Å². The van der Waals surface area contributed by atoms with Crippen LogP contribution < -0.4 is 0 Å². The minimum atomic E-state index is -1.72. The molecule has 0 saturated heterocycles. The van der Waals surface area contributed by atoms with Gasteiger partial charge in [-0.05, 0) is 78.4 Å². The van der Waals surface area contributed by atoms with Gasteiger partial charge in [-0.15, -0.1) is 0 Å². The molecule has 0 atom stereocenters. The zero-order valence-electron chi connectivity index (χ0n) is 20.7. The molecule has 0 heterocycles. The molecule has 4 aromatic rings. The van der Waals surface area contributed by atoms with Gasteiger partial charge < -0.3 is 4.74 Å². The maximum atomic E-state index is 14.9. The number of benzene rings is 4. The Morgan fingerprint density at radius 3 is 1.82 bits per heavy atom. The van der Waals surface area contributed by atoms with Crippen LogP contribution in [0.5, 0.6) is 0 Å². The first-order valence-corrected chi connectivity index (χ1v) is 11.9. The van der Waals surface area contributed by atoms with Crippen molar-refractivity contribution in [2.75, 3.05) is 6.61 Å². The maximum Gasteiger partial charge on any atom is 0.309 e. The summed E-state index contributed by atoms with van der Waals surface area (Å²) in [6, 6.07) is 7.78. The monoisotopic (exact) mass is 566 g/mol. The molecule has 0 radical (unpaired) electrons. The average Bonchev–Trinajstić information content (AvgIpc) is 2.90. The second kappa shape index (κ2) is 11.9. The Morgan fingerprint density at radius 2 is 1.25 bits per heavy atom. The molecule has 0 spiro atoms. The van der Waals surface area contributed by atoms with E-state index in [9.17, 15) is 39.5 Å². The summed E-state index contributed by atoms with van der Waals surface area (Å²) in [6.07, 6.45) is -0.0528. The third-order valence-electron chi connectivity index (χ3n) is 6.09. The molecule has 0 aliphatic rings. The molecule has 1 nitrogen and oxygen atoms in total. The molecule has 4 rings (SSSR count). The normalized spacial score (nSPS) is 11.9. The van der Waals surface area contributed by atoms with E-state index < -0.39 is 58.1 Å². The number of ether oxygens (including phenoxy) is 1. The van der Waals surface area contributed by atoms with Gasteiger partial charge in [0.1, 0.15) is 23.3 Å². The van der Waals surface area contributed by atoms with E-state index >= 15 is 0 Å². The Hall–Kier alpha value is -4.21. The molecule has 0 N–H and O–H groups in total. The molecule has 0 unspecified atom stereocenters. The molecule has 40 heavy (non-hydrogen) atoms. The molecular formula is C30H19F9O. The molecule has 10 heteroatoms. The lowest BCUT2D eigenvalue weighted by Crippen LogP contribution is -2.00. The van der Waals surface area contributed by atoms with Crippen LogP contribution in [-0.4, -0.2) is 6.61 Å². The van der Waals surface area contributed by atoms with Crippen molar-refractivity contribution in [3.8, 4) is 22.3 Å². The highest BCUT2D eigenvalue weighted by atomic mass is 19.2. The van der Waals surface area contributed by atoms with Crippen LogP contribution in [0.25, 0.3) is 28.1 Å². The van der Waals surface area contributed by atoms with Crippen molar-refractivity contribution in [2.45, 2.75) is 19.8 Å². The van der Waals surface area contributed by atoms with Gasteiger partial charge in [-0.2, -0.15) is 8.78 Å². The summed E-state index contributed by atoms with van der Waals surface area (Å²) in [6.45, 7) is 1.33. The highest BCUT2D eigenvalue weighted by molar-refractivity contribution is 5.72. The number of rotatable bonds is 8. The summed E-state index contributed by atoms with van der Waals surface area (Å²) in [7, 11) is 0. The number of aryl methyl sites for hydroxylation is 2. The van der Waals surface area contributed by atoms with Crippen LogP contribution in [0.1, 0.15) is 23.6 Å². The summed E-state index contributed by atoms with van der Waals surface area (Å²) >= 11 is 0. The zero-order chi connectivity index (χ0) is 29.1. The van der Waals surface area contributed by atoms with Crippen molar-refractivity contribution in [1.82, 2.24) is 0 Å². The van der Waals surface area contributed by atoms with Crippen molar-refractivity contribution >= 4 is 5.83 Å². The van der Waals surface area contributed by atoms with Crippen LogP contribution in [-0.2, 0) is 17.6 Å². The first-order chi connectivity index (χ1) is 19.0. The van der Waals surface area contributed by atoms with E-state index in [4.69, 9.17) is 0 Å². The fourth-order valence-corrected chi connectivity index (χ4v) is 4.13. The van der Waals surface area contributed by atoms with Gasteiger partial charge in [0.25, 0.3) is 0 Å². The second-order valence-corrected chi connectivity index (χ2v) is 8.71. The van der Waals surface area contributed by atoms with Gasteiger partial charge in [0.05, 0.1) is 12.2 Å². The number of halogens is 9. The summed E-state index contributed by atoms with van der Waals surface area (Å²) in [5.74, 6) is -10.1. The van der Waals surface area contributed by atoms with Crippen LogP contribution in [0, 0.1) is 40.7 Å². The standard InChI is InChI=1S/C30H19F9O/c1-2-40-30(39)28(37)18-6-5-16(21(31)12-18)4-3-15-9-23(33)27(24(34)10-15)17-7-8-20(22(32)11-17)19-13-25(35)29(38)26(36)14-19/h5-14H,2-4H2,1H3/b30-28-. The first-order valence-electron chi connectivity index (χ1n) is 11.9. The highest BCUT2D eigenvalue weighted by Crippen LogP contribution is 2.33. The lowest BCUT2D eigenvalue weighted by atomic mass is 9.96. The molecule has 0 saturated carbocycles. The minimum absolute atomic E-state index is 0.0228. The molecule has 0 aliphatic heterocycles. The molecule has 4 aromatic carbocycles. The van der Waals surface area contributed by atoms with E-state index in [2.05, 4.69) is 4.74 Å². The number of hydrogen-bond donors (Lipinski definition) is 0. The van der Waals surface area contributed by atoms with Crippen molar-refractivity contribution in [2.24, 2.45) is 0 Å². The summed E-state index contributed by atoms with van der Waals surface area (Å²) in [5.41, 5.74) is -1.55. The van der Waals surface area contributed by atoms with Crippen LogP contribution in [0.2, 0.25) is 0 Å². The van der Waals surface area contributed by atoms with E-state index in [1.807, 2.05) is 0 Å². The van der Waals surface area contributed by atoms with Crippen LogP contribution in [0.4, 0.5) is 39.5 Å². The van der Waals surface area contributed by atoms with Crippen molar-refractivity contribution in [3.63, 3.8) is 0 Å². The lowest BCUT2D eigenvalue weighted by Gasteiger charge is -2.11. The van der Waals surface area contributed by atoms with Gasteiger partial charge in [0, 0.05) is 11.1 Å². The topological polar surface area (TPSA) is 9.23 Å². The van der Waals surface area contributed by atoms with Crippen LogP contribution in [0.15, 0.2) is 66.7 Å². The SMILES string of the molecule is CCO/C(F)=C(\F)c1ccc(CCc2cc(F)c(-c3ccc(-c4cc(F)c(F)c(F)c4)c(F)c3)c(F)c2)c(F)c1. The molecule has 0 fully saturated rings. The zero-order valence-corrected chi connectivity index (χ0v) is 20.7. The van der Waals surface area contributed by atoms with E-state index in [1.165, 1.54) is 13.0 Å². The largest absolute Gasteiger partial charge is 0.469 e. The third kappa shape index (κ3) is 6.00. The molecular weight excluding hydrogens is 547 g/mol. The smallest absolute Gasteiger partial charge is 0.309 e. The van der Waals surface area contributed by atoms with Gasteiger partial charge in [-0.1, -0.05) is 24.3 Å². The lowest BCUT2D eigenvalue weighted by molar-refractivity contribution is 0.156. The third-order valence-corrected chi connectivity index (χ3v) is 6.09. The molecule has 0 aliphatic carbocycles. The summed E-state index contributed by atoms with van der Waals surface area (Å²) in [5, 5.41) is 0. The van der Waals surface area contributed by atoms with Crippen molar-refractivity contribution in [3.05, 3.63) is 124 Å².